The van der Waals surface area contributed by atoms with Crippen LogP contribution in [-0.2, 0) is 15.6 Å². The third-order valence-electron chi connectivity index (χ3n) is 2.96. The molecule has 0 saturated heterocycles. The van der Waals surface area contributed by atoms with Crippen LogP contribution in [0.5, 0.6) is 0 Å². The largest absolute Gasteiger partial charge is 0.228 e. The monoisotopic (exact) mass is 268 g/mol. The van der Waals surface area contributed by atoms with Crippen molar-refractivity contribution in [3.8, 4) is 0 Å². The van der Waals surface area contributed by atoms with Crippen LogP contribution >= 0.6 is 11.3 Å². The predicted octanol–water partition coefficient (Wildman–Crippen LogP) is 3.53. The minimum absolute atomic E-state index is 0.148. The Labute approximate surface area is 106 Å². The van der Waals surface area contributed by atoms with Gasteiger partial charge in [0, 0.05) is 4.70 Å². The van der Waals surface area contributed by atoms with Gasteiger partial charge in [-0.15, -0.1) is 11.3 Å². The van der Waals surface area contributed by atoms with Gasteiger partial charge in [0.1, 0.15) is 0 Å². The van der Waals surface area contributed by atoms with E-state index in [1.807, 2.05) is 30.5 Å². The molecule has 0 atom stereocenters. The number of sulfone groups is 1. The number of thiophene rings is 1. The number of aryl methyl sites for hydroxylation is 1. The first-order chi connectivity index (χ1) is 7.92. The predicted molar refractivity (Wildman–Crippen MR) is 74.3 cm³/mol. The molecule has 0 saturated carbocycles. The second-order valence-corrected chi connectivity index (χ2v) is 8.03. The van der Waals surface area contributed by atoms with E-state index in [2.05, 4.69) is 0 Å². The van der Waals surface area contributed by atoms with Crippen LogP contribution in [0, 0.1) is 6.92 Å². The third-order valence-corrected chi connectivity index (χ3v) is 6.11. The van der Waals surface area contributed by atoms with Gasteiger partial charge in [0.05, 0.1) is 11.0 Å². The standard InChI is InChI=1S/C13H16O2S2/c1-9(2)17(14,15)8-11-7-16-12-6-4-5-10(3)13(11)12/h4-7,9H,8H2,1-3H3. The highest BCUT2D eigenvalue weighted by atomic mass is 32.2. The van der Waals surface area contributed by atoms with Crippen LogP contribution in [0.15, 0.2) is 23.6 Å². The van der Waals surface area contributed by atoms with Crippen molar-refractivity contribution >= 4 is 31.3 Å². The fourth-order valence-corrected chi connectivity index (χ4v) is 3.97. The zero-order valence-corrected chi connectivity index (χ0v) is 11.9. The van der Waals surface area contributed by atoms with E-state index in [4.69, 9.17) is 0 Å². The minimum atomic E-state index is -3.02. The molecule has 1 heterocycles. The van der Waals surface area contributed by atoms with E-state index in [1.54, 1.807) is 25.2 Å². The van der Waals surface area contributed by atoms with Crippen molar-refractivity contribution in [3.63, 3.8) is 0 Å². The van der Waals surface area contributed by atoms with E-state index in [1.165, 1.54) is 4.70 Å². The lowest BCUT2D eigenvalue weighted by molar-refractivity contribution is 0.587. The van der Waals surface area contributed by atoms with E-state index in [0.29, 0.717) is 0 Å². The molecular formula is C13H16O2S2. The topological polar surface area (TPSA) is 34.1 Å². The molecule has 2 aromatic rings. The van der Waals surface area contributed by atoms with Gasteiger partial charge in [-0.25, -0.2) is 8.42 Å². The normalized spacial score (nSPS) is 12.5. The van der Waals surface area contributed by atoms with Gasteiger partial charge in [0.15, 0.2) is 9.84 Å². The second kappa shape index (κ2) is 4.42. The summed E-state index contributed by atoms with van der Waals surface area (Å²) in [5.74, 6) is 0.148. The van der Waals surface area contributed by atoms with Crippen molar-refractivity contribution in [2.24, 2.45) is 0 Å². The van der Waals surface area contributed by atoms with Crippen LogP contribution in [0.2, 0.25) is 0 Å². The molecule has 0 unspecified atom stereocenters. The molecule has 0 spiro atoms. The molecule has 0 aliphatic rings. The molecule has 17 heavy (non-hydrogen) atoms. The minimum Gasteiger partial charge on any atom is -0.228 e. The summed E-state index contributed by atoms with van der Waals surface area (Å²) in [6.45, 7) is 5.49. The summed E-state index contributed by atoms with van der Waals surface area (Å²) in [5, 5.41) is 2.76. The highest BCUT2D eigenvalue weighted by molar-refractivity contribution is 7.91. The van der Waals surface area contributed by atoms with Crippen LogP contribution in [0.25, 0.3) is 10.1 Å². The Balaban J connectivity index is 2.51. The highest BCUT2D eigenvalue weighted by Gasteiger charge is 2.19. The number of hydrogen-bond donors (Lipinski definition) is 0. The molecule has 0 radical (unpaired) electrons. The fourth-order valence-electron chi connectivity index (χ4n) is 1.83. The number of rotatable bonds is 3. The van der Waals surface area contributed by atoms with Crippen LogP contribution in [0.4, 0.5) is 0 Å². The average molecular weight is 268 g/mol. The lowest BCUT2D eigenvalue weighted by Gasteiger charge is -2.07. The number of benzene rings is 1. The molecule has 2 rings (SSSR count). The van der Waals surface area contributed by atoms with Crippen molar-refractivity contribution in [1.82, 2.24) is 0 Å². The van der Waals surface area contributed by atoms with Gasteiger partial charge < -0.3 is 0 Å². The van der Waals surface area contributed by atoms with Crippen molar-refractivity contribution in [1.29, 1.82) is 0 Å². The van der Waals surface area contributed by atoms with Gasteiger partial charge >= 0.3 is 0 Å². The average Bonchev–Trinajstić information content (AvgIpc) is 2.62. The summed E-state index contributed by atoms with van der Waals surface area (Å²) >= 11 is 1.62. The second-order valence-electron chi connectivity index (χ2n) is 4.56. The molecule has 0 fully saturated rings. The molecule has 0 aliphatic heterocycles. The molecule has 0 bridgehead atoms. The van der Waals surface area contributed by atoms with Crippen LogP contribution in [0.1, 0.15) is 25.0 Å². The summed E-state index contributed by atoms with van der Waals surface area (Å²) in [5.41, 5.74) is 2.09. The summed E-state index contributed by atoms with van der Waals surface area (Å²) in [6.07, 6.45) is 0. The molecule has 1 aromatic carbocycles. The van der Waals surface area contributed by atoms with E-state index in [0.717, 1.165) is 16.5 Å². The Morgan fingerprint density at radius 1 is 1.29 bits per heavy atom. The van der Waals surface area contributed by atoms with Crippen molar-refractivity contribution in [2.45, 2.75) is 31.8 Å². The van der Waals surface area contributed by atoms with Crippen molar-refractivity contribution in [2.75, 3.05) is 0 Å². The van der Waals surface area contributed by atoms with E-state index in [-0.39, 0.29) is 11.0 Å². The van der Waals surface area contributed by atoms with Gasteiger partial charge in [-0.3, -0.25) is 0 Å². The van der Waals surface area contributed by atoms with Crippen molar-refractivity contribution < 1.29 is 8.42 Å². The summed E-state index contributed by atoms with van der Waals surface area (Å²) in [6, 6.07) is 6.08. The molecule has 4 heteroatoms. The summed E-state index contributed by atoms with van der Waals surface area (Å²) in [7, 11) is -3.02. The van der Waals surface area contributed by atoms with Crippen LogP contribution in [-0.4, -0.2) is 13.7 Å². The first-order valence-electron chi connectivity index (χ1n) is 5.59. The SMILES string of the molecule is Cc1cccc2scc(CS(=O)(=O)C(C)C)c12. The van der Waals surface area contributed by atoms with Crippen molar-refractivity contribution in [3.05, 3.63) is 34.7 Å². The molecule has 92 valence electrons. The van der Waals surface area contributed by atoms with Crippen LogP contribution < -0.4 is 0 Å². The number of fused-ring (bicyclic) bond motifs is 1. The molecule has 0 N–H and O–H groups in total. The Bertz CT molecular complexity index is 636. The smallest absolute Gasteiger partial charge is 0.156 e. The summed E-state index contributed by atoms with van der Waals surface area (Å²) < 4.78 is 25.1. The molecule has 0 amide bonds. The molecular weight excluding hydrogens is 252 g/mol. The van der Waals surface area contributed by atoms with Crippen LogP contribution in [0.3, 0.4) is 0 Å². The molecule has 0 aliphatic carbocycles. The summed E-state index contributed by atoms with van der Waals surface area (Å²) in [4.78, 5) is 0. The first kappa shape index (κ1) is 12.6. The Morgan fingerprint density at radius 3 is 2.65 bits per heavy atom. The zero-order chi connectivity index (χ0) is 12.6. The maximum Gasteiger partial charge on any atom is 0.156 e. The Kier molecular flexibility index (Phi) is 3.27. The molecule has 1 aromatic heterocycles. The van der Waals surface area contributed by atoms with Gasteiger partial charge in [-0.2, -0.15) is 0 Å². The third kappa shape index (κ3) is 2.38. The quantitative estimate of drug-likeness (QED) is 0.853. The number of hydrogen-bond acceptors (Lipinski definition) is 3. The Morgan fingerprint density at radius 2 is 2.00 bits per heavy atom. The maximum absolute atomic E-state index is 12.0. The first-order valence-corrected chi connectivity index (χ1v) is 8.18. The lowest BCUT2D eigenvalue weighted by atomic mass is 10.1. The highest BCUT2D eigenvalue weighted by Crippen LogP contribution is 2.30. The van der Waals surface area contributed by atoms with Gasteiger partial charge in [0.2, 0.25) is 0 Å². The fraction of sp³-hybridized carbons (Fsp3) is 0.385. The van der Waals surface area contributed by atoms with E-state index in [9.17, 15) is 8.42 Å². The van der Waals surface area contributed by atoms with Gasteiger partial charge in [-0.1, -0.05) is 12.1 Å². The lowest BCUT2D eigenvalue weighted by Crippen LogP contribution is -2.15. The maximum atomic E-state index is 12.0. The van der Waals surface area contributed by atoms with E-state index < -0.39 is 9.84 Å². The molecule has 2 nitrogen and oxygen atoms in total. The zero-order valence-electron chi connectivity index (χ0n) is 10.2. The van der Waals surface area contributed by atoms with Gasteiger partial charge in [-0.05, 0) is 48.7 Å². The Hall–Kier alpha value is -0.870. The van der Waals surface area contributed by atoms with E-state index >= 15 is 0 Å². The van der Waals surface area contributed by atoms with Gasteiger partial charge in [0.25, 0.3) is 0 Å².